The smallest absolute Gasteiger partial charge is 0.141 e. The highest BCUT2D eigenvalue weighted by atomic mass is 19.1. The molecule has 1 heterocycles. The Bertz CT molecular complexity index is 554. The van der Waals surface area contributed by atoms with E-state index in [0.717, 1.165) is 17.9 Å². The van der Waals surface area contributed by atoms with Crippen LogP contribution in [0.25, 0.3) is 0 Å². The van der Waals surface area contributed by atoms with Crippen molar-refractivity contribution in [3.8, 4) is 5.75 Å². The van der Waals surface area contributed by atoms with E-state index >= 15 is 0 Å². The summed E-state index contributed by atoms with van der Waals surface area (Å²) in [4.78, 5) is 4.17. The number of hydrogen-bond acceptors (Lipinski definition) is 3. The van der Waals surface area contributed by atoms with Crippen LogP contribution in [0.5, 0.6) is 5.75 Å². The van der Waals surface area contributed by atoms with E-state index in [0.29, 0.717) is 0 Å². The molecule has 0 aliphatic heterocycles. The molecule has 0 saturated carbocycles. The summed E-state index contributed by atoms with van der Waals surface area (Å²) in [5.41, 5.74) is 2.04. The van der Waals surface area contributed by atoms with E-state index in [9.17, 15) is 4.39 Å². The summed E-state index contributed by atoms with van der Waals surface area (Å²) in [6.45, 7) is 4.19. The topological polar surface area (TPSA) is 34.1 Å². The molecule has 0 bridgehead atoms. The molecule has 1 aromatic heterocycles. The van der Waals surface area contributed by atoms with Crippen LogP contribution in [0.2, 0.25) is 0 Å². The van der Waals surface area contributed by atoms with Crippen molar-refractivity contribution in [2.24, 2.45) is 0 Å². The van der Waals surface area contributed by atoms with Crippen molar-refractivity contribution < 1.29 is 9.13 Å². The van der Waals surface area contributed by atoms with Crippen LogP contribution in [-0.2, 0) is 0 Å². The van der Waals surface area contributed by atoms with Crippen LogP contribution < -0.4 is 10.1 Å². The molecule has 4 heteroatoms. The summed E-state index contributed by atoms with van der Waals surface area (Å²) < 4.78 is 18.1. The van der Waals surface area contributed by atoms with E-state index in [1.54, 1.807) is 13.2 Å². The largest absolute Gasteiger partial charge is 0.497 e. The van der Waals surface area contributed by atoms with E-state index in [4.69, 9.17) is 4.74 Å². The van der Waals surface area contributed by atoms with Crippen LogP contribution in [0.15, 0.2) is 42.6 Å². The van der Waals surface area contributed by atoms with Gasteiger partial charge in [-0.2, -0.15) is 0 Å². The number of pyridine rings is 1. The summed E-state index contributed by atoms with van der Waals surface area (Å²) in [5.74, 6) is 0.537. The van der Waals surface area contributed by atoms with Crippen LogP contribution in [0.4, 0.5) is 4.39 Å². The molecule has 2 rings (SSSR count). The molecule has 0 fully saturated rings. The quantitative estimate of drug-likeness (QED) is 0.871. The lowest BCUT2D eigenvalue weighted by atomic mass is 10.0. The predicted molar refractivity (Wildman–Crippen MR) is 81.8 cm³/mol. The fourth-order valence-electron chi connectivity index (χ4n) is 2.30. The number of methoxy groups -OCH3 is 1. The summed E-state index contributed by atoms with van der Waals surface area (Å²) in [7, 11) is 1.66. The number of halogens is 1. The van der Waals surface area contributed by atoms with Crippen molar-refractivity contribution in [3.05, 3.63) is 59.7 Å². The number of ether oxygens (including phenoxy) is 1. The number of hydrogen-bond donors (Lipinski definition) is 1. The van der Waals surface area contributed by atoms with Crippen LogP contribution in [0.3, 0.4) is 0 Å². The minimum Gasteiger partial charge on any atom is -0.497 e. The molecule has 1 aromatic carbocycles. The van der Waals surface area contributed by atoms with Gasteiger partial charge in [-0.1, -0.05) is 19.1 Å². The lowest BCUT2D eigenvalue weighted by molar-refractivity contribution is 0.413. The first kappa shape index (κ1) is 15.4. The monoisotopic (exact) mass is 288 g/mol. The number of rotatable bonds is 6. The fourth-order valence-corrected chi connectivity index (χ4v) is 2.30. The van der Waals surface area contributed by atoms with Crippen LogP contribution in [0, 0.1) is 5.82 Å². The van der Waals surface area contributed by atoms with E-state index in [-0.39, 0.29) is 17.9 Å². The third kappa shape index (κ3) is 4.02. The van der Waals surface area contributed by atoms with Gasteiger partial charge in [0.15, 0.2) is 0 Å². The zero-order chi connectivity index (χ0) is 15.2. The molecule has 1 N–H and O–H groups in total. The summed E-state index contributed by atoms with van der Waals surface area (Å²) in [5, 5.41) is 3.53. The molecule has 0 radical (unpaired) electrons. The van der Waals surface area contributed by atoms with Gasteiger partial charge in [0.2, 0.25) is 0 Å². The van der Waals surface area contributed by atoms with Gasteiger partial charge in [-0.25, -0.2) is 4.39 Å². The Hall–Kier alpha value is -1.94. The molecule has 0 aliphatic rings. The van der Waals surface area contributed by atoms with Gasteiger partial charge in [0.25, 0.3) is 0 Å². The van der Waals surface area contributed by atoms with Gasteiger partial charge >= 0.3 is 0 Å². The highest BCUT2D eigenvalue weighted by Crippen LogP contribution is 2.22. The van der Waals surface area contributed by atoms with Crippen LogP contribution in [-0.4, -0.2) is 12.1 Å². The lowest BCUT2D eigenvalue weighted by Crippen LogP contribution is -2.25. The van der Waals surface area contributed by atoms with Crippen molar-refractivity contribution in [3.63, 3.8) is 0 Å². The summed E-state index contributed by atoms with van der Waals surface area (Å²) in [6.07, 6.45) is 2.15. The van der Waals surface area contributed by atoms with Crippen molar-refractivity contribution in [1.29, 1.82) is 0 Å². The molecule has 3 nitrogen and oxygen atoms in total. The third-order valence-corrected chi connectivity index (χ3v) is 3.58. The van der Waals surface area contributed by atoms with Crippen LogP contribution in [0.1, 0.15) is 43.6 Å². The Labute approximate surface area is 125 Å². The molecule has 21 heavy (non-hydrogen) atoms. The standard InChI is InChI=1S/C17H21FN2O/c1-4-16(17-10-7-14(18)11-19-17)20-12(2)13-5-8-15(21-3)9-6-13/h5-12,16,20H,4H2,1-3H3/t12-,16?/m1/s1. The van der Waals surface area contributed by atoms with Crippen molar-refractivity contribution in [2.75, 3.05) is 7.11 Å². The van der Waals surface area contributed by atoms with Crippen molar-refractivity contribution in [1.82, 2.24) is 10.3 Å². The van der Waals surface area contributed by atoms with E-state index < -0.39 is 0 Å². The van der Waals surface area contributed by atoms with Crippen LogP contribution >= 0.6 is 0 Å². The van der Waals surface area contributed by atoms with Gasteiger partial charge in [-0.05, 0) is 43.2 Å². The van der Waals surface area contributed by atoms with Crippen molar-refractivity contribution >= 4 is 0 Å². The first-order valence-electron chi connectivity index (χ1n) is 7.15. The first-order valence-corrected chi connectivity index (χ1v) is 7.15. The molecule has 0 saturated heterocycles. The Morgan fingerprint density at radius 3 is 2.43 bits per heavy atom. The Kier molecular flexibility index (Phi) is 5.28. The molecule has 1 unspecified atom stereocenters. The average Bonchev–Trinajstić information content (AvgIpc) is 2.53. The maximum absolute atomic E-state index is 13.0. The maximum atomic E-state index is 13.0. The van der Waals surface area contributed by atoms with E-state index in [1.807, 2.05) is 24.3 Å². The SMILES string of the molecule is CCC(N[C@H](C)c1ccc(OC)cc1)c1ccc(F)cn1. The Morgan fingerprint density at radius 1 is 1.19 bits per heavy atom. The molecule has 0 aliphatic carbocycles. The molecule has 2 aromatic rings. The summed E-state index contributed by atoms with van der Waals surface area (Å²) >= 11 is 0. The molecular weight excluding hydrogens is 267 g/mol. The molecular formula is C17H21FN2O. The second kappa shape index (κ2) is 7.18. The van der Waals surface area contributed by atoms with Gasteiger partial charge in [-0.3, -0.25) is 4.98 Å². The predicted octanol–water partition coefficient (Wildman–Crippen LogP) is 4.03. The minimum atomic E-state index is -0.309. The van der Waals surface area contributed by atoms with E-state index in [1.165, 1.54) is 17.8 Å². The first-order chi connectivity index (χ1) is 10.1. The zero-order valence-electron chi connectivity index (χ0n) is 12.6. The second-order valence-corrected chi connectivity index (χ2v) is 5.02. The molecule has 112 valence electrons. The van der Waals surface area contributed by atoms with Gasteiger partial charge in [0, 0.05) is 12.1 Å². The van der Waals surface area contributed by atoms with Crippen molar-refractivity contribution in [2.45, 2.75) is 32.4 Å². The normalized spacial score (nSPS) is 13.7. The number of benzene rings is 1. The third-order valence-electron chi connectivity index (χ3n) is 3.58. The maximum Gasteiger partial charge on any atom is 0.141 e. The van der Waals surface area contributed by atoms with Gasteiger partial charge in [0.1, 0.15) is 11.6 Å². The number of nitrogens with one attached hydrogen (secondary N) is 1. The highest BCUT2D eigenvalue weighted by molar-refractivity contribution is 5.29. The highest BCUT2D eigenvalue weighted by Gasteiger charge is 2.15. The molecule has 0 spiro atoms. The Morgan fingerprint density at radius 2 is 1.90 bits per heavy atom. The number of nitrogens with zero attached hydrogens (tertiary/aromatic N) is 1. The van der Waals surface area contributed by atoms with Gasteiger partial charge < -0.3 is 10.1 Å². The fraction of sp³-hybridized carbons (Fsp3) is 0.353. The molecule has 2 atom stereocenters. The van der Waals surface area contributed by atoms with Gasteiger partial charge in [0.05, 0.1) is 19.0 Å². The second-order valence-electron chi connectivity index (χ2n) is 5.02. The average molecular weight is 288 g/mol. The van der Waals surface area contributed by atoms with E-state index in [2.05, 4.69) is 24.1 Å². The Balaban J connectivity index is 2.08. The summed E-state index contributed by atoms with van der Waals surface area (Å²) in [6, 6.07) is 11.4. The lowest BCUT2D eigenvalue weighted by Gasteiger charge is -2.22. The zero-order valence-corrected chi connectivity index (χ0v) is 12.6. The van der Waals surface area contributed by atoms with Gasteiger partial charge in [-0.15, -0.1) is 0 Å². The minimum absolute atomic E-state index is 0.0997. The number of aromatic nitrogens is 1. The molecule has 0 amide bonds.